The van der Waals surface area contributed by atoms with Gasteiger partial charge in [0.25, 0.3) is 0 Å². The molecule has 2 aliphatic heterocycles. The van der Waals surface area contributed by atoms with Gasteiger partial charge in [-0.3, -0.25) is 18.4 Å². The Morgan fingerprint density at radius 1 is 1.18 bits per heavy atom. The first kappa shape index (κ1) is 37.0. The molecule has 15 heteroatoms. The van der Waals surface area contributed by atoms with Crippen molar-refractivity contribution in [3.8, 4) is 11.8 Å². The van der Waals surface area contributed by atoms with Gasteiger partial charge in [0.15, 0.2) is 5.82 Å². The zero-order chi connectivity index (χ0) is 34.5. The van der Waals surface area contributed by atoms with Crippen LogP contribution in [0.25, 0.3) is 0 Å². The number of rotatable bonds is 7. The van der Waals surface area contributed by atoms with E-state index >= 15 is 0 Å². The van der Waals surface area contributed by atoms with Crippen LogP contribution < -0.4 is 10.6 Å². The van der Waals surface area contributed by atoms with Gasteiger partial charge in [-0.05, 0) is 54.5 Å². The van der Waals surface area contributed by atoms with Crippen LogP contribution in [-0.2, 0) is 38.9 Å². The second-order valence-electron chi connectivity index (χ2n) is 11.5. The van der Waals surface area contributed by atoms with Crippen LogP contribution in [0.3, 0.4) is 0 Å². The number of carbonyl (C=O) groups is 3. The molecule has 2 unspecified atom stereocenters. The molecule has 3 rings (SSSR count). The van der Waals surface area contributed by atoms with Gasteiger partial charge in [-0.15, -0.1) is 0 Å². The van der Waals surface area contributed by atoms with Gasteiger partial charge in [0, 0.05) is 11.8 Å². The van der Waals surface area contributed by atoms with E-state index in [1.807, 2.05) is 13.8 Å². The summed E-state index contributed by atoms with van der Waals surface area (Å²) < 4.78 is 42.2. The van der Waals surface area contributed by atoms with Crippen molar-refractivity contribution in [3.05, 3.63) is 58.9 Å². The summed E-state index contributed by atoms with van der Waals surface area (Å²) in [4.78, 5) is 54.8. The van der Waals surface area contributed by atoms with E-state index in [0.29, 0.717) is 10.5 Å². The van der Waals surface area contributed by atoms with E-state index in [4.69, 9.17) is 23.0 Å². The number of cyclic esters (lactones) is 1. The first-order valence-electron chi connectivity index (χ1n) is 14.0. The van der Waals surface area contributed by atoms with Gasteiger partial charge in [-0.1, -0.05) is 44.9 Å². The maximum atomic E-state index is 13.6. The van der Waals surface area contributed by atoms with Crippen LogP contribution in [0.1, 0.15) is 67.9 Å². The molecule has 0 radical (unpaired) electrons. The molecular formula is C30H40N3O11P. The van der Waals surface area contributed by atoms with Crippen LogP contribution in [0.2, 0.25) is 0 Å². The van der Waals surface area contributed by atoms with Crippen LogP contribution >= 0.6 is 7.82 Å². The number of nitrogens with zero attached hydrogens (tertiary/aromatic N) is 3. The molecule has 3 heterocycles. The summed E-state index contributed by atoms with van der Waals surface area (Å²) in [6.45, 7) is 21.1. The molecule has 0 saturated carbocycles. The van der Waals surface area contributed by atoms with Crippen LogP contribution in [0.4, 0.5) is 15.4 Å². The Balaban J connectivity index is 0.00000345. The third-order valence-electron chi connectivity index (χ3n) is 6.07. The van der Waals surface area contributed by atoms with E-state index in [2.05, 4.69) is 30.0 Å². The average Bonchev–Trinajstić information content (AvgIpc) is 2.92. The normalized spacial score (nSPS) is 21.8. The molecular weight excluding hydrogens is 609 g/mol. The van der Waals surface area contributed by atoms with Crippen LogP contribution in [0.5, 0.6) is 0 Å². The minimum atomic E-state index is -4.27. The standard InChI is InChI=1S/C28H34N3O11P.C2H6/c1-10-19-20(11-2)41-43(37,42-28(19,8)9)38-16-18-13-12-17-14-30(15-21(32)33)23(34)29-22(17)31(24(35)39-26(3,4)5)25(36)40-27(18,6)7;1-2/h10-11,14,18H,1-2,15-16H2,3-9H3,(H,32,33);1-2H3. The highest BCUT2D eigenvalue weighted by Crippen LogP contribution is 2.60. The van der Waals surface area contributed by atoms with Crippen molar-refractivity contribution in [2.24, 2.45) is 5.92 Å². The topological polar surface area (TPSA) is 173 Å². The van der Waals surface area contributed by atoms with Gasteiger partial charge < -0.3 is 19.1 Å². The lowest BCUT2D eigenvalue weighted by molar-refractivity contribution is -0.137. The summed E-state index contributed by atoms with van der Waals surface area (Å²) in [6.07, 6.45) is 1.38. The first-order valence-corrected chi connectivity index (χ1v) is 15.4. The Morgan fingerprint density at radius 3 is 2.33 bits per heavy atom. The molecule has 1 aromatic heterocycles. The van der Waals surface area contributed by atoms with Gasteiger partial charge in [0.2, 0.25) is 0 Å². The molecule has 0 aliphatic carbocycles. The van der Waals surface area contributed by atoms with Gasteiger partial charge in [0.05, 0.1) is 18.1 Å². The fourth-order valence-electron chi connectivity index (χ4n) is 4.01. The zero-order valence-electron chi connectivity index (χ0n) is 27.0. The van der Waals surface area contributed by atoms with Gasteiger partial charge >= 0.3 is 31.7 Å². The predicted molar refractivity (Wildman–Crippen MR) is 164 cm³/mol. The molecule has 14 nitrogen and oxygen atoms in total. The highest BCUT2D eigenvalue weighted by molar-refractivity contribution is 7.48. The van der Waals surface area contributed by atoms with Crippen molar-refractivity contribution in [1.82, 2.24) is 9.55 Å². The van der Waals surface area contributed by atoms with E-state index < -0.39 is 73.4 Å². The summed E-state index contributed by atoms with van der Waals surface area (Å²) in [7, 11) is -4.27. The lowest BCUT2D eigenvalue weighted by Gasteiger charge is -2.37. The smallest absolute Gasteiger partial charge is 0.480 e. The molecule has 0 bridgehead atoms. The number of carbonyl (C=O) groups excluding carboxylic acids is 2. The number of aliphatic carboxylic acids is 1. The third-order valence-corrected chi connectivity index (χ3v) is 7.64. The van der Waals surface area contributed by atoms with Crippen molar-refractivity contribution in [2.75, 3.05) is 11.5 Å². The lowest BCUT2D eigenvalue weighted by Crippen LogP contribution is -2.47. The summed E-state index contributed by atoms with van der Waals surface area (Å²) in [6, 6.07) is 0. The molecule has 0 spiro atoms. The van der Waals surface area contributed by atoms with Crippen molar-refractivity contribution in [1.29, 1.82) is 0 Å². The molecule has 2 aliphatic rings. The Hall–Kier alpha value is -4.18. The second-order valence-corrected chi connectivity index (χ2v) is 13.0. The molecule has 2 atom stereocenters. The Labute approximate surface area is 262 Å². The zero-order valence-corrected chi connectivity index (χ0v) is 27.9. The van der Waals surface area contributed by atoms with Crippen LogP contribution in [-0.4, -0.2) is 56.2 Å². The number of hydrogen-bond acceptors (Lipinski definition) is 11. The number of ether oxygens (including phenoxy) is 2. The highest BCUT2D eigenvalue weighted by Gasteiger charge is 2.47. The number of allylic oxidation sites excluding steroid dienone is 1. The van der Waals surface area contributed by atoms with E-state index in [0.717, 1.165) is 10.8 Å². The summed E-state index contributed by atoms with van der Waals surface area (Å²) in [5.41, 5.74) is -4.45. The van der Waals surface area contributed by atoms with Gasteiger partial charge in [0.1, 0.15) is 29.1 Å². The number of anilines is 1. The number of amides is 2. The summed E-state index contributed by atoms with van der Waals surface area (Å²) >= 11 is 0. The number of carboxylic acids is 1. The number of hydrogen-bond donors (Lipinski definition) is 1. The monoisotopic (exact) mass is 649 g/mol. The molecule has 0 aromatic carbocycles. The van der Waals surface area contributed by atoms with Crippen molar-refractivity contribution in [2.45, 2.75) is 85.7 Å². The first-order chi connectivity index (χ1) is 20.7. The second kappa shape index (κ2) is 13.9. The summed E-state index contributed by atoms with van der Waals surface area (Å²) in [5, 5.41) is 9.22. The number of fused-ring (bicyclic) bond motifs is 1. The third kappa shape index (κ3) is 8.94. The van der Waals surface area contributed by atoms with Crippen molar-refractivity contribution >= 4 is 31.8 Å². The molecule has 0 fully saturated rings. The van der Waals surface area contributed by atoms with Crippen molar-refractivity contribution < 1.29 is 47.1 Å². The van der Waals surface area contributed by atoms with Crippen molar-refractivity contribution in [3.63, 3.8) is 0 Å². The largest absolute Gasteiger partial charge is 0.530 e. The quantitative estimate of drug-likeness (QED) is 0.288. The number of carboxylic acid groups (broad SMARTS) is 1. The van der Waals surface area contributed by atoms with Gasteiger partial charge in [-0.2, -0.15) is 9.88 Å². The highest BCUT2D eigenvalue weighted by atomic mass is 31.2. The Bertz CT molecular complexity index is 1570. The van der Waals surface area contributed by atoms with Crippen LogP contribution in [0.15, 0.2) is 47.6 Å². The fourth-order valence-corrected chi connectivity index (χ4v) is 5.55. The molecule has 45 heavy (non-hydrogen) atoms. The minimum Gasteiger partial charge on any atom is -0.480 e. The summed E-state index contributed by atoms with van der Waals surface area (Å²) in [5.74, 6) is 2.81. The number of phosphoric acid groups is 1. The molecule has 0 saturated heterocycles. The number of phosphoric ester groups is 1. The van der Waals surface area contributed by atoms with Gasteiger partial charge in [-0.25, -0.2) is 18.9 Å². The minimum absolute atomic E-state index is 0.144. The molecule has 1 aromatic rings. The van der Waals surface area contributed by atoms with E-state index in [1.54, 1.807) is 34.6 Å². The maximum Gasteiger partial charge on any atom is 0.530 e. The number of aromatic nitrogens is 2. The average molecular weight is 650 g/mol. The lowest BCUT2D eigenvalue weighted by atomic mass is 9.92. The van der Waals surface area contributed by atoms with E-state index in [1.165, 1.54) is 26.0 Å². The Morgan fingerprint density at radius 2 is 1.80 bits per heavy atom. The van der Waals surface area contributed by atoms with E-state index in [9.17, 15) is 28.8 Å². The fraction of sp³-hybridized carbons (Fsp3) is 0.500. The molecule has 1 N–H and O–H groups in total. The van der Waals surface area contributed by atoms with Crippen LogP contribution in [0, 0.1) is 17.8 Å². The molecule has 2 amide bonds. The number of imide groups is 1. The van der Waals surface area contributed by atoms with E-state index in [-0.39, 0.29) is 11.3 Å². The maximum absolute atomic E-state index is 13.6. The molecule has 246 valence electrons. The Kier molecular flexibility index (Phi) is 11.4. The SMILES string of the molecule is C=CC1=C(C=C)C(C)(C)OP(=O)(OCC2C#Cc3cn(CC(=O)O)c(=O)nc3N(C(=O)OC(C)(C)C)C(=O)OC2(C)C)O1.CC. The predicted octanol–water partition coefficient (Wildman–Crippen LogP) is 5.57.